The Morgan fingerprint density at radius 2 is 1.65 bits per heavy atom. The molecule has 1 heterocycles. The molecule has 6 nitrogen and oxygen atoms in total. The lowest BCUT2D eigenvalue weighted by atomic mass is 9.79. The number of aliphatic hydroxyl groups is 1. The molecule has 168 valence electrons. The predicted molar refractivity (Wildman–Crippen MR) is 117 cm³/mol. The monoisotopic (exact) mass is 426 g/mol. The highest BCUT2D eigenvalue weighted by Gasteiger charge is 2.46. The van der Waals surface area contributed by atoms with Crippen LogP contribution in [0.15, 0.2) is 24.3 Å². The number of likely N-dealkylation sites (tertiary alicyclic amines) is 1. The molecule has 2 N–H and O–H groups in total. The van der Waals surface area contributed by atoms with Crippen molar-refractivity contribution in [3.05, 3.63) is 29.8 Å². The maximum absolute atomic E-state index is 12.6. The summed E-state index contributed by atoms with van der Waals surface area (Å²) in [5.41, 5.74) is 0.640. The Kier molecular flexibility index (Phi) is 5.91. The van der Waals surface area contributed by atoms with E-state index in [4.69, 9.17) is 4.74 Å². The zero-order valence-corrected chi connectivity index (χ0v) is 18.2. The van der Waals surface area contributed by atoms with Crippen LogP contribution < -0.4 is 10.1 Å². The average molecular weight is 427 g/mol. The summed E-state index contributed by atoms with van der Waals surface area (Å²) < 4.78 is 6.10. The van der Waals surface area contributed by atoms with Crippen LogP contribution >= 0.6 is 0 Å². The minimum absolute atomic E-state index is 0.0575. The molecule has 1 aromatic rings. The number of nitrogens with one attached hydrogen (secondary N) is 1. The van der Waals surface area contributed by atoms with Crippen LogP contribution in [0.1, 0.15) is 55.3 Å². The van der Waals surface area contributed by atoms with Gasteiger partial charge >= 0.3 is 0 Å². The van der Waals surface area contributed by atoms with Gasteiger partial charge in [-0.05, 0) is 80.0 Å². The first kappa shape index (κ1) is 20.8. The molecule has 4 aliphatic rings. The molecule has 3 saturated carbocycles. The molecule has 4 fully saturated rings. The van der Waals surface area contributed by atoms with Crippen LogP contribution in [-0.2, 0) is 4.79 Å². The number of amides is 2. The molecule has 6 heteroatoms. The number of hydrogen-bond donors (Lipinski definition) is 2. The van der Waals surface area contributed by atoms with E-state index in [1.54, 1.807) is 0 Å². The van der Waals surface area contributed by atoms with Crippen LogP contribution in [-0.4, -0.2) is 54.2 Å². The van der Waals surface area contributed by atoms with Gasteiger partial charge in [0.2, 0.25) is 5.91 Å². The van der Waals surface area contributed by atoms with Gasteiger partial charge in [0, 0.05) is 50.6 Å². The summed E-state index contributed by atoms with van der Waals surface area (Å²) in [6.45, 7) is 2.44. The number of fused-ring (bicyclic) bond motifs is 2. The topological polar surface area (TPSA) is 78.9 Å². The summed E-state index contributed by atoms with van der Waals surface area (Å²) in [4.78, 5) is 26.8. The lowest BCUT2D eigenvalue weighted by Crippen LogP contribution is -2.42. The first-order valence-electron chi connectivity index (χ1n) is 12.1. The van der Waals surface area contributed by atoms with Crippen LogP contribution in [0.4, 0.5) is 0 Å². The van der Waals surface area contributed by atoms with Crippen molar-refractivity contribution in [2.24, 2.45) is 29.6 Å². The molecular formula is C25H34N2O4. The maximum atomic E-state index is 12.6. The van der Waals surface area contributed by atoms with Gasteiger partial charge in [-0.25, -0.2) is 0 Å². The minimum Gasteiger partial charge on any atom is -0.490 e. The molecule has 1 aromatic carbocycles. The predicted octanol–water partition coefficient (Wildman–Crippen LogP) is 2.85. The Balaban J connectivity index is 1.08. The van der Waals surface area contributed by atoms with Gasteiger partial charge < -0.3 is 20.1 Å². The number of aliphatic hydroxyl groups excluding tert-OH is 1. The van der Waals surface area contributed by atoms with Crippen molar-refractivity contribution in [3.63, 3.8) is 0 Å². The number of nitrogens with zero attached hydrogens (tertiary/aromatic N) is 1. The van der Waals surface area contributed by atoms with Crippen LogP contribution in [0.3, 0.4) is 0 Å². The highest BCUT2D eigenvalue weighted by atomic mass is 16.5. The smallest absolute Gasteiger partial charge is 0.251 e. The van der Waals surface area contributed by atoms with E-state index >= 15 is 0 Å². The average Bonchev–Trinajstić information content (AvgIpc) is 3.46. The zero-order chi connectivity index (χ0) is 21.4. The molecule has 0 radical (unpaired) electrons. The Labute approximate surface area is 184 Å². The van der Waals surface area contributed by atoms with Crippen molar-refractivity contribution < 1.29 is 19.4 Å². The Morgan fingerprint density at radius 3 is 2.29 bits per heavy atom. The Hall–Kier alpha value is -2.08. The number of piperidine rings is 1. The van der Waals surface area contributed by atoms with Crippen LogP contribution in [0.5, 0.6) is 5.75 Å². The highest BCUT2D eigenvalue weighted by Crippen LogP contribution is 2.51. The van der Waals surface area contributed by atoms with E-state index in [-0.39, 0.29) is 24.5 Å². The van der Waals surface area contributed by atoms with Gasteiger partial charge in [0.05, 0.1) is 0 Å². The molecule has 2 bridgehead atoms. The van der Waals surface area contributed by atoms with Crippen molar-refractivity contribution >= 4 is 11.8 Å². The number of carbonyl (C=O) groups is 2. The molecule has 3 aliphatic carbocycles. The SMILES string of the molecule is O=C(NCC1C2CCC(C2)C1CO)c1ccc(OC2CCN(C(=O)C3CC3)CC2)cc1. The zero-order valence-electron chi connectivity index (χ0n) is 18.2. The second-order valence-corrected chi connectivity index (χ2v) is 9.99. The first-order valence-corrected chi connectivity index (χ1v) is 12.1. The fourth-order valence-corrected chi connectivity index (χ4v) is 6.10. The third kappa shape index (κ3) is 4.45. The molecule has 31 heavy (non-hydrogen) atoms. The van der Waals surface area contributed by atoms with Crippen LogP contribution in [0.25, 0.3) is 0 Å². The molecule has 4 unspecified atom stereocenters. The molecule has 1 saturated heterocycles. The molecule has 2 amide bonds. The van der Waals surface area contributed by atoms with E-state index in [2.05, 4.69) is 5.32 Å². The minimum atomic E-state index is -0.0575. The molecule has 0 aromatic heterocycles. The van der Waals surface area contributed by atoms with Gasteiger partial charge in [0.15, 0.2) is 0 Å². The van der Waals surface area contributed by atoms with E-state index in [1.165, 1.54) is 19.3 Å². The van der Waals surface area contributed by atoms with Crippen molar-refractivity contribution in [1.29, 1.82) is 0 Å². The molecule has 4 atom stereocenters. The summed E-state index contributed by atoms with van der Waals surface area (Å²) in [7, 11) is 0. The normalized spacial score (nSPS) is 30.4. The summed E-state index contributed by atoms with van der Waals surface area (Å²) in [5, 5.41) is 12.8. The lowest BCUT2D eigenvalue weighted by molar-refractivity contribution is -0.134. The number of carbonyl (C=O) groups excluding carboxylic acids is 2. The fraction of sp³-hybridized carbons (Fsp3) is 0.680. The summed E-state index contributed by atoms with van der Waals surface area (Å²) in [6, 6.07) is 7.37. The van der Waals surface area contributed by atoms with Crippen molar-refractivity contribution in [2.45, 2.75) is 51.0 Å². The first-order chi connectivity index (χ1) is 15.1. The fourth-order valence-electron chi connectivity index (χ4n) is 6.10. The lowest BCUT2D eigenvalue weighted by Gasteiger charge is -2.32. The molecule has 1 aliphatic heterocycles. The molecule has 0 spiro atoms. The van der Waals surface area contributed by atoms with E-state index in [0.717, 1.165) is 44.5 Å². The maximum Gasteiger partial charge on any atom is 0.251 e. The van der Waals surface area contributed by atoms with Gasteiger partial charge in [-0.1, -0.05) is 0 Å². The summed E-state index contributed by atoms with van der Waals surface area (Å²) in [6.07, 6.45) is 7.63. The number of ether oxygens (including phenoxy) is 1. The van der Waals surface area contributed by atoms with E-state index in [9.17, 15) is 14.7 Å². The van der Waals surface area contributed by atoms with Crippen molar-refractivity contribution in [3.8, 4) is 5.75 Å². The van der Waals surface area contributed by atoms with Gasteiger partial charge in [0.1, 0.15) is 11.9 Å². The number of hydrogen-bond acceptors (Lipinski definition) is 4. The highest BCUT2D eigenvalue weighted by molar-refractivity contribution is 5.94. The third-order valence-electron chi connectivity index (χ3n) is 8.08. The number of benzene rings is 1. The second-order valence-electron chi connectivity index (χ2n) is 9.99. The number of rotatable bonds is 7. The standard InChI is InChI=1S/C25H34N2O4/c28-15-23-19-4-3-18(13-19)22(23)14-26-24(29)16-5-7-20(8-6-16)31-21-9-11-27(12-10-21)25(30)17-1-2-17/h5-8,17-19,21-23,28H,1-4,9-15H2,(H,26,29). The summed E-state index contributed by atoms with van der Waals surface area (Å²) in [5.74, 6) is 3.39. The third-order valence-corrected chi connectivity index (χ3v) is 8.08. The van der Waals surface area contributed by atoms with Gasteiger partial charge in [-0.15, -0.1) is 0 Å². The Bertz CT molecular complexity index is 798. The molecular weight excluding hydrogens is 392 g/mol. The quantitative estimate of drug-likeness (QED) is 0.703. The van der Waals surface area contributed by atoms with E-state index < -0.39 is 0 Å². The van der Waals surface area contributed by atoms with Gasteiger partial charge in [0.25, 0.3) is 5.91 Å². The largest absolute Gasteiger partial charge is 0.490 e. The Morgan fingerprint density at radius 1 is 0.968 bits per heavy atom. The molecule has 5 rings (SSSR count). The van der Waals surface area contributed by atoms with Crippen LogP contribution in [0, 0.1) is 29.6 Å². The second kappa shape index (κ2) is 8.81. The van der Waals surface area contributed by atoms with Gasteiger partial charge in [-0.2, -0.15) is 0 Å². The van der Waals surface area contributed by atoms with Crippen molar-refractivity contribution in [1.82, 2.24) is 10.2 Å². The van der Waals surface area contributed by atoms with Crippen molar-refractivity contribution in [2.75, 3.05) is 26.2 Å². The van der Waals surface area contributed by atoms with E-state index in [0.29, 0.717) is 41.7 Å². The summed E-state index contributed by atoms with van der Waals surface area (Å²) >= 11 is 0. The van der Waals surface area contributed by atoms with Gasteiger partial charge in [-0.3, -0.25) is 9.59 Å². The van der Waals surface area contributed by atoms with Crippen LogP contribution in [0.2, 0.25) is 0 Å². The van der Waals surface area contributed by atoms with E-state index in [1.807, 2.05) is 29.2 Å².